The van der Waals surface area contributed by atoms with Crippen molar-refractivity contribution in [1.29, 1.82) is 0 Å². The number of aromatic nitrogens is 1. The van der Waals surface area contributed by atoms with Crippen LogP contribution in [0.1, 0.15) is 24.8 Å². The third kappa shape index (κ3) is 4.82. The van der Waals surface area contributed by atoms with Crippen molar-refractivity contribution in [1.82, 2.24) is 10.3 Å². The minimum Gasteiger partial charge on any atom is -0.353 e. The Balaban J connectivity index is 1.49. The average molecular weight is 374 g/mol. The lowest BCUT2D eigenvalue weighted by Gasteiger charge is -2.07. The second-order valence-electron chi connectivity index (χ2n) is 6.68. The van der Waals surface area contributed by atoms with Crippen LogP contribution in [0.3, 0.4) is 0 Å². The molecule has 138 valence electrons. The van der Waals surface area contributed by atoms with Crippen molar-refractivity contribution >= 4 is 32.7 Å². The molecular formula is C19H22N2O4S. The van der Waals surface area contributed by atoms with Crippen molar-refractivity contribution in [3.05, 3.63) is 52.3 Å². The minimum atomic E-state index is -2.84. The molecular weight excluding hydrogens is 352 g/mol. The molecule has 1 aliphatic heterocycles. The quantitative estimate of drug-likeness (QED) is 0.596. The van der Waals surface area contributed by atoms with Crippen molar-refractivity contribution in [2.24, 2.45) is 5.92 Å². The van der Waals surface area contributed by atoms with Gasteiger partial charge in [0.15, 0.2) is 9.84 Å². The van der Waals surface area contributed by atoms with Gasteiger partial charge >= 0.3 is 0 Å². The minimum absolute atomic E-state index is 0.212. The van der Waals surface area contributed by atoms with Crippen LogP contribution in [0.25, 0.3) is 17.0 Å². The van der Waals surface area contributed by atoms with Crippen LogP contribution in [0.5, 0.6) is 0 Å². The summed E-state index contributed by atoms with van der Waals surface area (Å²) in [6, 6.07) is 9.20. The number of carbonyl (C=O) groups excluding carboxylic acids is 1. The number of H-pyrrole nitrogens is 1. The summed E-state index contributed by atoms with van der Waals surface area (Å²) in [5.74, 6) is 0.499. The summed E-state index contributed by atoms with van der Waals surface area (Å²) < 4.78 is 22.8. The van der Waals surface area contributed by atoms with Gasteiger partial charge in [0.2, 0.25) is 5.91 Å². The smallest absolute Gasteiger partial charge is 0.255 e. The van der Waals surface area contributed by atoms with Crippen LogP contribution in [0.15, 0.2) is 41.2 Å². The average Bonchev–Trinajstić information content (AvgIpc) is 2.95. The molecule has 6 nitrogen and oxygen atoms in total. The number of sulfone groups is 1. The number of nitrogens with one attached hydrogen (secondary N) is 2. The summed E-state index contributed by atoms with van der Waals surface area (Å²) in [5, 5.41) is 3.67. The molecule has 1 fully saturated rings. The van der Waals surface area contributed by atoms with Gasteiger partial charge in [0.25, 0.3) is 5.56 Å². The number of hydrogen-bond donors (Lipinski definition) is 2. The predicted molar refractivity (Wildman–Crippen MR) is 103 cm³/mol. The van der Waals surface area contributed by atoms with Crippen LogP contribution < -0.4 is 10.9 Å². The van der Waals surface area contributed by atoms with Gasteiger partial charge in [-0.2, -0.15) is 0 Å². The molecule has 1 saturated heterocycles. The zero-order chi connectivity index (χ0) is 18.6. The first-order valence-electron chi connectivity index (χ1n) is 8.71. The highest BCUT2D eigenvalue weighted by molar-refractivity contribution is 7.91. The van der Waals surface area contributed by atoms with Crippen LogP contribution in [-0.4, -0.2) is 37.4 Å². The normalized spacial score (nSPS) is 19.2. The van der Waals surface area contributed by atoms with Gasteiger partial charge in [-0.15, -0.1) is 0 Å². The number of carbonyl (C=O) groups is 1. The van der Waals surface area contributed by atoms with Gasteiger partial charge in [-0.1, -0.05) is 18.2 Å². The maximum absolute atomic E-state index is 12.0. The summed E-state index contributed by atoms with van der Waals surface area (Å²) in [5.41, 5.74) is 0.943. The number of benzene rings is 1. The number of rotatable bonds is 6. The molecule has 0 bridgehead atoms. The molecule has 0 spiro atoms. The highest BCUT2D eigenvalue weighted by Crippen LogP contribution is 2.22. The molecule has 1 amide bonds. The van der Waals surface area contributed by atoms with Gasteiger partial charge in [0, 0.05) is 23.7 Å². The van der Waals surface area contributed by atoms with Gasteiger partial charge in [-0.3, -0.25) is 9.59 Å². The largest absolute Gasteiger partial charge is 0.353 e. The highest BCUT2D eigenvalue weighted by Gasteiger charge is 2.27. The van der Waals surface area contributed by atoms with Gasteiger partial charge in [0.1, 0.15) is 0 Å². The van der Waals surface area contributed by atoms with Crippen LogP contribution in [0.2, 0.25) is 0 Å². The topological polar surface area (TPSA) is 96.1 Å². The Bertz CT molecular complexity index is 992. The molecule has 2 N–H and O–H groups in total. The summed E-state index contributed by atoms with van der Waals surface area (Å²) >= 11 is 0. The molecule has 7 heteroatoms. The number of para-hydroxylation sites is 1. The number of aromatic amines is 1. The number of amides is 1. The van der Waals surface area contributed by atoms with Crippen molar-refractivity contribution in [3.63, 3.8) is 0 Å². The Morgan fingerprint density at radius 2 is 2.12 bits per heavy atom. The SMILES string of the molecule is O=C(/C=C/c1cc2ccccc2[nH]c1=O)NCCCC1CCS(=O)(=O)C1. The highest BCUT2D eigenvalue weighted by atomic mass is 32.2. The first kappa shape index (κ1) is 18.4. The predicted octanol–water partition coefficient (Wildman–Crippen LogP) is 1.87. The Hall–Kier alpha value is -2.41. The summed E-state index contributed by atoms with van der Waals surface area (Å²) in [6.45, 7) is 0.494. The molecule has 1 aliphatic rings. The summed E-state index contributed by atoms with van der Waals surface area (Å²) in [6.07, 6.45) is 5.12. The van der Waals surface area contributed by atoms with E-state index in [-0.39, 0.29) is 28.9 Å². The van der Waals surface area contributed by atoms with E-state index in [2.05, 4.69) is 10.3 Å². The van der Waals surface area contributed by atoms with Gasteiger partial charge in [0.05, 0.1) is 11.5 Å². The van der Waals surface area contributed by atoms with E-state index < -0.39 is 9.84 Å². The van der Waals surface area contributed by atoms with Gasteiger partial charge < -0.3 is 10.3 Å². The molecule has 2 aromatic rings. The fourth-order valence-electron chi connectivity index (χ4n) is 3.21. The maximum atomic E-state index is 12.0. The second kappa shape index (κ2) is 7.86. The van der Waals surface area contributed by atoms with E-state index in [4.69, 9.17) is 0 Å². The number of hydrogen-bond acceptors (Lipinski definition) is 4. The fraction of sp³-hybridized carbons (Fsp3) is 0.368. The number of fused-ring (bicyclic) bond motifs is 1. The zero-order valence-electron chi connectivity index (χ0n) is 14.4. The third-order valence-corrected chi connectivity index (χ3v) is 6.45. The monoisotopic (exact) mass is 374 g/mol. The van der Waals surface area contributed by atoms with E-state index in [1.165, 1.54) is 12.2 Å². The van der Waals surface area contributed by atoms with Crippen molar-refractivity contribution in [2.45, 2.75) is 19.3 Å². The molecule has 3 rings (SSSR count). The fourth-order valence-corrected chi connectivity index (χ4v) is 5.13. The maximum Gasteiger partial charge on any atom is 0.255 e. The first-order chi connectivity index (χ1) is 12.4. The molecule has 1 unspecified atom stereocenters. The van der Waals surface area contributed by atoms with Crippen molar-refractivity contribution < 1.29 is 13.2 Å². The van der Waals surface area contributed by atoms with E-state index in [9.17, 15) is 18.0 Å². The molecule has 0 saturated carbocycles. The molecule has 0 aliphatic carbocycles. The standard InChI is InChI=1S/C19H22N2O4S/c22-18(20-10-3-4-14-9-11-26(24,25)13-14)8-7-16-12-15-5-1-2-6-17(15)21-19(16)23/h1-2,5-8,12,14H,3-4,9-11,13H2,(H,20,22)(H,21,23)/b8-7+. The van der Waals surface area contributed by atoms with Gasteiger partial charge in [-0.05, 0) is 48.8 Å². The molecule has 1 aromatic carbocycles. The lowest BCUT2D eigenvalue weighted by atomic mass is 10.0. The lowest BCUT2D eigenvalue weighted by Crippen LogP contribution is -2.23. The molecule has 2 heterocycles. The molecule has 1 atom stereocenters. The van der Waals surface area contributed by atoms with E-state index in [1.54, 1.807) is 6.07 Å². The zero-order valence-corrected chi connectivity index (χ0v) is 15.2. The Labute approximate surface area is 152 Å². The Morgan fingerprint density at radius 3 is 2.88 bits per heavy atom. The Morgan fingerprint density at radius 1 is 1.31 bits per heavy atom. The summed E-state index contributed by atoms with van der Waals surface area (Å²) in [4.78, 5) is 26.7. The molecule has 26 heavy (non-hydrogen) atoms. The number of pyridine rings is 1. The van der Waals surface area contributed by atoms with Crippen LogP contribution in [0.4, 0.5) is 0 Å². The third-order valence-electron chi connectivity index (χ3n) is 4.61. The second-order valence-corrected chi connectivity index (χ2v) is 8.91. The van der Waals surface area contributed by atoms with E-state index in [1.807, 2.05) is 24.3 Å². The Kier molecular flexibility index (Phi) is 5.56. The van der Waals surface area contributed by atoms with Gasteiger partial charge in [-0.25, -0.2) is 8.42 Å². The van der Waals surface area contributed by atoms with Crippen LogP contribution in [-0.2, 0) is 14.6 Å². The first-order valence-corrected chi connectivity index (χ1v) is 10.5. The van der Waals surface area contributed by atoms with E-state index in [0.717, 1.165) is 30.2 Å². The van der Waals surface area contributed by atoms with E-state index in [0.29, 0.717) is 12.1 Å². The van der Waals surface area contributed by atoms with Crippen molar-refractivity contribution in [2.75, 3.05) is 18.1 Å². The molecule has 0 radical (unpaired) electrons. The lowest BCUT2D eigenvalue weighted by molar-refractivity contribution is -0.116. The summed E-state index contributed by atoms with van der Waals surface area (Å²) in [7, 11) is -2.84. The van der Waals surface area contributed by atoms with Crippen LogP contribution >= 0.6 is 0 Å². The van der Waals surface area contributed by atoms with Crippen molar-refractivity contribution in [3.8, 4) is 0 Å². The van der Waals surface area contributed by atoms with Crippen LogP contribution in [0, 0.1) is 5.92 Å². The van der Waals surface area contributed by atoms with E-state index >= 15 is 0 Å². The molecule has 1 aromatic heterocycles.